The molecule has 2 atom stereocenters. The predicted octanol–water partition coefficient (Wildman–Crippen LogP) is 3.89. The summed E-state index contributed by atoms with van der Waals surface area (Å²) in [5, 5.41) is 0. The molecule has 1 fully saturated rings. The molecule has 0 radical (unpaired) electrons. The summed E-state index contributed by atoms with van der Waals surface area (Å²) < 4.78 is 59.3. The first kappa shape index (κ1) is 20.9. The maximum Gasteiger partial charge on any atom is 0.203 e. The summed E-state index contributed by atoms with van der Waals surface area (Å²) in [6, 6.07) is 6.84. The number of rotatable bonds is 5. The summed E-state index contributed by atoms with van der Waals surface area (Å²) in [5.74, 6) is -2.82. The second-order valence-corrected chi connectivity index (χ2v) is 6.98. The lowest BCUT2D eigenvalue weighted by atomic mass is 10.0. The van der Waals surface area contributed by atoms with E-state index in [1.165, 1.54) is 12.1 Å². The molecule has 0 N–H and O–H groups in total. The van der Waals surface area contributed by atoms with Gasteiger partial charge in [0, 0.05) is 19.1 Å². The van der Waals surface area contributed by atoms with Crippen molar-refractivity contribution in [2.24, 2.45) is 0 Å². The van der Waals surface area contributed by atoms with E-state index in [1.54, 1.807) is 24.0 Å². The lowest BCUT2D eigenvalue weighted by molar-refractivity contribution is 0.0254. The maximum atomic E-state index is 13.8. The molecule has 0 unspecified atom stereocenters. The van der Waals surface area contributed by atoms with Gasteiger partial charge in [0.25, 0.3) is 0 Å². The summed E-state index contributed by atoms with van der Waals surface area (Å²) in [4.78, 5) is 15.2. The normalized spacial score (nSPS) is 19.9. The maximum absolute atomic E-state index is 13.8. The Morgan fingerprint density at radius 3 is 2.34 bits per heavy atom. The quantitative estimate of drug-likeness (QED) is 0.427. The van der Waals surface area contributed by atoms with E-state index in [2.05, 4.69) is 0 Å². The van der Waals surface area contributed by atoms with Gasteiger partial charge in [-0.3, -0.25) is 4.90 Å². The third-order valence-corrected chi connectivity index (χ3v) is 5.03. The predicted molar refractivity (Wildman–Crippen MR) is 98.6 cm³/mol. The van der Waals surface area contributed by atoms with Crippen molar-refractivity contribution in [3.63, 3.8) is 0 Å². The number of nitrogens with zero attached hydrogens (tertiary/aromatic N) is 2. The van der Waals surface area contributed by atoms with Crippen molar-refractivity contribution in [1.82, 2.24) is 9.80 Å². The molecule has 3 rings (SSSR count). The molecule has 4 nitrogen and oxygen atoms in total. The van der Waals surface area contributed by atoms with Crippen LogP contribution in [0.5, 0.6) is 5.75 Å². The molecular formula is C21H20F4N2O2. The Morgan fingerprint density at radius 1 is 1.03 bits per heavy atom. The first-order chi connectivity index (χ1) is 13.8. The van der Waals surface area contributed by atoms with Gasteiger partial charge in [-0.25, -0.2) is 18.0 Å². The first-order valence-corrected chi connectivity index (χ1v) is 9.08. The summed E-state index contributed by atoms with van der Waals surface area (Å²) in [6.45, 7) is 4.19. The summed E-state index contributed by atoms with van der Waals surface area (Å²) in [5.41, 5.74) is 1.17. The number of hydrogen-bond donors (Lipinski definition) is 0. The molecule has 1 aliphatic heterocycles. The molecule has 0 spiro atoms. The van der Waals surface area contributed by atoms with Gasteiger partial charge in [-0.05, 0) is 43.7 Å². The fourth-order valence-corrected chi connectivity index (χ4v) is 3.37. The van der Waals surface area contributed by atoms with E-state index >= 15 is 0 Å². The molecular weight excluding hydrogens is 388 g/mol. The Kier molecular flexibility index (Phi) is 6.25. The zero-order chi connectivity index (χ0) is 21.1. The van der Waals surface area contributed by atoms with E-state index in [1.807, 2.05) is 17.8 Å². The summed E-state index contributed by atoms with van der Waals surface area (Å²) in [7, 11) is 0. The number of hydrogen-bond acceptors (Lipinski definition) is 4. The van der Waals surface area contributed by atoms with Crippen LogP contribution in [0, 0.1) is 23.3 Å². The van der Waals surface area contributed by atoms with Crippen LogP contribution < -0.4 is 4.74 Å². The Hall–Kier alpha value is -2.83. The third-order valence-electron chi connectivity index (χ3n) is 5.03. The molecule has 0 aliphatic carbocycles. The smallest absolute Gasteiger partial charge is 0.203 e. The van der Waals surface area contributed by atoms with Crippen molar-refractivity contribution in [2.75, 3.05) is 13.3 Å². The standard InChI is InChI=1S/C21H20F4N2O2/c1-13-9-26(12-29-21-18(24)8-7-17(23)20(21)25)14(2)19(11-28)27(13)10-15-3-5-16(22)6-4-15/h3-8,13-14H,9-10,12H2,1-2H3/t13-,14+/m0/s1. The van der Waals surface area contributed by atoms with Crippen LogP contribution in [0.4, 0.5) is 17.6 Å². The lowest BCUT2D eigenvalue weighted by Crippen LogP contribution is -2.55. The van der Waals surface area contributed by atoms with Crippen LogP contribution in [-0.4, -0.2) is 41.1 Å². The Bertz CT molecular complexity index is 929. The first-order valence-electron chi connectivity index (χ1n) is 9.08. The zero-order valence-corrected chi connectivity index (χ0v) is 16.0. The molecule has 1 heterocycles. The number of benzene rings is 2. The van der Waals surface area contributed by atoms with E-state index in [9.17, 15) is 22.4 Å². The average Bonchev–Trinajstić information content (AvgIpc) is 2.70. The van der Waals surface area contributed by atoms with Gasteiger partial charge < -0.3 is 9.64 Å². The number of carbonyl (C=O) groups excluding carboxylic acids is 1. The van der Waals surface area contributed by atoms with E-state index < -0.39 is 29.2 Å². The molecule has 29 heavy (non-hydrogen) atoms. The highest BCUT2D eigenvalue weighted by Gasteiger charge is 2.34. The van der Waals surface area contributed by atoms with Crippen LogP contribution >= 0.6 is 0 Å². The Morgan fingerprint density at radius 2 is 1.69 bits per heavy atom. The van der Waals surface area contributed by atoms with E-state index in [-0.39, 0.29) is 18.6 Å². The summed E-state index contributed by atoms with van der Waals surface area (Å²) >= 11 is 0. The third kappa shape index (κ3) is 4.44. The highest BCUT2D eigenvalue weighted by molar-refractivity contribution is 5.54. The van der Waals surface area contributed by atoms with Crippen molar-refractivity contribution < 1.29 is 27.1 Å². The molecule has 8 heteroatoms. The molecule has 0 saturated carbocycles. The van der Waals surface area contributed by atoms with E-state index in [4.69, 9.17) is 4.74 Å². The van der Waals surface area contributed by atoms with Crippen molar-refractivity contribution in [3.05, 3.63) is 70.9 Å². The van der Waals surface area contributed by atoms with Gasteiger partial charge in [-0.2, -0.15) is 4.39 Å². The summed E-state index contributed by atoms with van der Waals surface area (Å²) in [6.07, 6.45) is 0. The van der Waals surface area contributed by atoms with Gasteiger partial charge in [-0.15, -0.1) is 0 Å². The van der Waals surface area contributed by atoms with Crippen molar-refractivity contribution in [1.29, 1.82) is 0 Å². The fraction of sp³-hybridized carbons (Fsp3) is 0.333. The van der Waals surface area contributed by atoms with Crippen molar-refractivity contribution >= 4 is 5.94 Å². The monoisotopic (exact) mass is 408 g/mol. The molecule has 0 amide bonds. The molecule has 2 aromatic rings. The number of piperazine rings is 1. The van der Waals surface area contributed by atoms with Crippen LogP contribution in [0.25, 0.3) is 0 Å². The Balaban J connectivity index is 1.74. The molecule has 154 valence electrons. The average molecular weight is 408 g/mol. The number of halogens is 4. The molecule has 0 aromatic heterocycles. The molecule has 0 bridgehead atoms. The van der Waals surface area contributed by atoms with Gasteiger partial charge in [0.2, 0.25) is 5.82 Å². The zero-order valence-electron chi connectivity index (χ0n) is 16.0. The van der Waals surface area contributed by atoms with Crippen LogP contribution in [0.2, 0.25) is 0 Å². The Labute approximate surface area is 166 Å². The highest BCUT2D eigenvalue weighted by atomic mass is 19.2. The minimum Gasteiger partial charge on any atom is -0.472 e. The van der Waals surface area contributed by atoms with Crippen LogP contribution in [0.15, 0.2) is 42.1 Å². The van der Waals surface area contributed by atoms with Gasteiger partial charge in [-0.1, -0.05) is 12.1 Å². The van der Waals surface area contributed by atoms with Crippen molar-refractivity contribution in [3.8, 4) is 5.75 Å². The van der Waals surface area contributed by atoms with Crippen molar-refractivity contribution in [2.45, 2.75) is 32.5 Å². The minimum atomic E-state index is -1.40. The second-order valence-electron chi connectivity index (χ2n) is 6.98. The highest BCUT2D eigenvalue weighted by Crippen LogP contribution is 2.28. The second kappa shape index (κ2) is 8.68. The topological polar surface area (TPSA) is 32.8 Å². The van der Waals surface area contributed by atoms with Gasteiger partial charge in [0.15, 0.2) is 17.4 Å². The van der Waals surface area contributed by atoms with Gasteiger partial charge in [0.05, 0.1) is 6.04 Å². The molecule has 1 saturated heterocycles. The van der Waals surface area contributed by atoms with Crippen LogP contribution in [0.1, 0.15) is 19.4 Å². The van der Waals surface area contributed by atoms with E-state index in [0.717, 1.165) is 11.6 Å². The van der Waals surface area contributed by atoms with Gasteiger partial charge >= 0.3 is 0 Å². The largest absolute Gasteiger partial charge is 0.472 e. The van der Waals surface area contributed by atoms with Crippen LogP contribution in [-0.2, 0) is 11.3 Å². The lowest BCUT2D eigenvalue weighted by Gasteiger charge is -2.45. The van der Waals surface area contributed by atoms with E-state index in [0.29, 0.717) is 24.9 Å². The number of ether oxygens (including phenoxy) is 1. The fourth-order valence-electron chi connectivity index (χ4n) is 3.37. The molecule has 1 aliphatic rings. The van der Waals surface area contributed by atoms with Crippen LogP contribution in [0.3, 0.4) is 0 Å². The SMILES string of the molecule is C[C@@H]1C(=C=O)N(Cc2ccc(F)cc2)[C@@H](C)CN1COc1c(F)ccc(F)c1F. The van der Waals surface area contributed by atoms with Gasteiger partial charge in [0.1, 0.15) is 24.2 Å². The molecule has 2 aromatic carbocycles. The minimum absolute atomic E-state index is 0.154.